The van der Waals surface area contributed by atoms with E-state index in [9.17, 15) is 9.59 Å². The largest absolute Gasteiger partial charge is 0.462 e. The van der Waals surface area contributed by atoms with Crippen LogP contribution in [0.1, 0.15) is 49.0 Å². The van der Waals surface area contributed by atoms with Crippen molar-refractivity contribution in [3.63, 3.8) is 0 Å². The van der Waals surface area contributed by atoms with Crippen LogP contribution in [0.25, 0.3) is 16.7 Å². The minimum Gasteiger partial charge on any atom is -0.462 e. The Bertz CT molecular complexity index is 1070. The quantitative estimate of drug-likeness (QED) is 0.442. The first-order chi connectivity index (χ1) is 12.6. The molecule has 7 heteroatoms. The van der Waals surface area contributed by atoms with Crippen LogP contribution in [0, 0.1) is 0 Å². The zero-order valence-electron chi connectivity index (χ0n) is 14.6. The third-order valence-corrected chi connectivity index (χ3v) is 4.99. The predicted molar refractivity (Wildman–Crippen MR) is 97.0 cm³/mol. The fourth-order valence-corrected chi connectivity index (χ4v) is 3.77. The number of nitrogens with zero attached hydrogens (tertiary/aromatic N) is 3. The van der Waals surface area contributed by atoms with Crippen LogP contribution < -0.4 is 15.9 Å². The number of pyridine rings is 2. The van der Waals surface area contributed by atoms with Crippen molar-refractivity contribution in [3.8, 4) is 0 Å². The molecule has 0 aromatic carbocycles. The zero-order valence-corrected chi connectivity index (χ0v) is 14.6. The molecule has 1 fully saturated rings. The number of rotatable bonds is 3. The number of esters is 1. The van der Waals surface area contributed by atoms with Gasteiger partial charge >= 0.3 is 5.97 Å². The van der Waals surface area contributed by atoms with E-state index in [0.29, 0.717) is 22.5 Å². The minimum absolute atomic E-state index is 0.130. The highest BCUT2D eigenvalue weighted by Crippen LogP contribution is 2.28. The highest BCUT2D eigenvalue weighted by atomic mass is 16.5. The SMILES string of the molecule is CCOC(=O)c1cc2c(=O)n3ccccc3nc2[n+](C2CCCC2)c1N. The summed E-state index contributed by atoms with van der Waals surface area (Å²) in [7, 11) is 0. The molecule has 1 aliphatic rings. The number of anilines is 1. The van der Waals surface area contributed by atoms with Gasteiger partial charge < -0.3 is 10.5 Å². The van der Waals surface area contributed by atoms with Gasteiger partial charge in [-0.25, -0.2) is 9.36 Å². The summed E-state index contributed by atoms with van der Waals surface area (Å²) in [5.74, 6) is -0.203. The molecule has 7 nitrogen and oxygen atoms in total. The Kier molecular flexibility index (Phi) is 4.06. The predicted octanol–water partition coefficient (Wildman–Crippen LogP) is 2.01. The first-order valence-corrected chi connectivity index (χ1v) is 8.94. The molecule has 3 aromatic rings. The molecule has 3 aromatic heterocycles. The number of ether oxygens (including phenoxy) is 1. The lowest BCUT2D eigenvalue weighted by atomic mass is 10.1. The lowest BCUT2D eigenvalue weighted by molar-refractivity contribution is -0.685. The smallest absolute Gasteiger partial charge is 0.344 e. The average Bonchev–Trinajstić information content (AvgIpc) is 3.16. The molecule has 2 N–H and O–H groups in total. The van der Waals surface area contributed by atoms with Gasteiger partial charge in [0.15, 0.2) is 0 Å². The number of carbonyl (C=O) groups is 1. The maximum atomic E-state index is 13.0. The van der Waals surface area contributed by atoms with Crippen LogP contribution in [0.3, 0.4) is 0 Å². The summed E-state index contributed by atoms with van der Waals surface area (Å²) < 4.78 is 8.48. The Morgan fingerprint density at radius 1 is 1.38 bits per heavy atom. The zero-order chi connectivity index (χ0) is 18.3. The van der Waals surface area contributed by atoms with Crippen molar-refractivity contribution in [3.05, 3.63) is 46.4 Å². The number of fused-ring (bicyclic) bond motifs is 2. The monoisotopic (exact) mass is 353 g/mol. The van der Waals surface area contributed by atoms with E-state index < -0.39 is 5.97 Å². The second kappa shape index (κ2) is 6.40. The van der Waals surface area contributed by atoms with Crippen molar-refractivity contribution in [1.29, 1.82) is 0 Å². The molecular weight excluding hydrogens is 332 g/mol. The molecule has 0 atom stereocenters. The summed E-state index contributed by atoms with van der Waals surface area (Å²) in [6.45, 7) is 1.98. The summed E-state index contributed by atoms with van der Waals surface area (Å²) in [5, 5.41) is 0.373. The molecule has 0 unspecified atom stereocenters. The molecule has 0 radical (unpaired) electrons. The van der Waals surface area contributed by atoms with Crippen LogP contribution in [0.15, 0.2) is 35.3 Å². The molecule has 0 saturated heterocycles. The van der Waals surface area contributed by atoms with E-state index in [2.05, 4.69) is 4.98 Å². The Hall–Kier alpha value is -2.96. The summed E-state index contributed by atoms with van der Waals surface area (Å²) in [5.41, 5.74) is 7.45. The summed E-state index contributed by atoms with van der Waals surface area (Å²) in [4.78, 5) is 30.1. The van der Waals surface area contributed by atoms with E-state index >= 15 is 0 Å². The molecule has 0 aliphatic heterocycles. The van der Waals surface area contributed by atoms with Crippen LogP contribution in [-0.2, 0) is 4.74 Å². The normalized spacial score (nSPS) is 15.0. The van der Waals surface area contributed by atoms with Crippen molar-refractivity contribution in [2.45, 2.75) is 38.6 Å². The summed E-state index contributed by atoms with van der Waals surface area (Å²) >= 11 is 0. The van der Waals surface area contributed by atoms with Gasteiger partial charge in [0.05, 0.1) is 12.6 Å². The van der Waals surface area contributed by atoms with Crippen molar-refractivity contribution in [2.24, 2.45) is 0 Å². The van der Waals surface area contributed by atoms with E-state index in [1.54, 1.807) is 25.3 Å². The Morgan fingerprint density at radius 3 is 2.88 bits per heavy atom. The van der Waals surface area contributed by atoms with Gasteiger partial charge in [0.2, 0.25) is 11.5 Å². The lowest BCUT2D eigenvalue weighted by Gasteiger charge is -2.16. The number of nitrogen functional groups attached to an aromatic ring is 1. The number of hydrogen-bond donors (Lipinski definition) is 1. The number of nitrogens with two attached hydrogens (primary N) is 1. The third kappa shape index (κ3) is 2.51. The van der Waals surface area contributed by atoms with Crippen molar-refractivity contribution < 1.29 is 14.1 Å². The Labute approximate surface area is 150 Å². The second-order valence-corrected chi connectivity index (χ2v) is 6.56. The maximum absolute atomic E-state index is 13.0. The van der Waals surface area contributed by atoms with E-state index in [4.69, 9.17) is 10.5 Å². The van der Waals surface area contributed by atoms with E-state index in [-0.39, 0.29) is 23.8 Å². The van der Waals surface area contributed by atoms with Gasteiger partial charge in [0.1, 0.15) is 10.9 Å². The molecule has 3 heterocycles. The summed E-state index contributed by atoms with van der Waals surface area (Å²) in [6, 6.07) is 7.04. The molecule has 26 heavy (non-hydrogen) atoms. The number of hydrogen-bond acceptors (Lipinski definition) is 5. The van der Waals surface area contributed by atoms with Gasteiger partial charge in [-0.15, -0.1) is 0 Å². The minimum atomic E-state index is -0.517. The highest BCUT2D eigenvalue weighted by Gasteiger charge is 2.30. The summed E-state index contributed by atoms with van der Waals surface area (Å²) in [6.07, 6.45) is 5.76. The number of aromatic nitrogens is 3. The van der Waals surface area contributed by atoms with Gasteiger partial charge in [-0.1, -0.05) is 11.1 Å². The molecule has 0 bridgehead atoms. The van der Waals surface area contributed by atoms with Crippen molar-refractivity contribution in [1.82, 2.24) is 9.38 Å². The van der Waals surface area contributed by atoms with E-state index in [1.165, 1.54) is 10.5 Å². The van der Waals surface area contributed by atoms with Crippen LogP contribution in [-0.4, -0.2) is 22.0 Å². The van der Waals surface area contributed by atoms with Crippen LogP contribution in [0.5, 0.6) is 0 Å². The van der Waals surface area contributed by atoms with Crippen LogP contribution in [0.2, 0.25) is 0 Å². The van der Waals surface area contributed by atoms with Crippen molar-refractivity contribution in [2.75, 3.05) is 12.3 Å². The highest BCUT2D eigenvalue weighted by molar-refractivity contribution is 5.96. The standard InChI is InChI=1S/C19H20N4O3/c1-2-26-19(25)13-11-14-17(23(16(13)20)12-7-3-4-8-12)21-15-9-5-6-10-22(15)18(14)24/h5-6,9-12,20H,2-4,7-8H2,1H3/p+1. The first kappa shape index (κ1) is 16.5. The van der Waals surface area contributed by atoms with Gasteiger partial charge in [0, 0.05) is 6.20 Å². The molecule has 0 spiro atoms. The van der Waals surface area contributed by atoms with E-state index in [0.717, 1.165) is 25.7 Å². The maximum Gasteiger partial charge on any atom is 0.344 e. The average molecular weight is 353 g/mol. The van der Waals surface area contributed by atoms with Crippen LogP contribution in [0.4, 0.5) is 5.82 Å². The van der Waals surface area contributed by atoms with Gasteiger partial charge in [0.25, 0.3) is 11.2 Å². The Balaban J connectivity index is 2.10. The van der Waals surface area contributed by atoms with Gasteiger partial charge in [-0.3, -0.25) is 9.20 Å². The molecular formula is C19H21N4O3+. The van der Waals surface area contributed by atoms with E-state index in [1.807, 2.05) is 10.6 Å². The third-order valence-electron chi connectivity index (χ3n) is 4.99. The fraction of sp³-hybridized carbons (Fsp3) is 0.368. The fourth-order valence-electron chi connectivity index (χ4n) is 3.77. The first-order valence-electron chi connectivity index (χ1n) is 8.94. The van der Waals surface area contributed by atoms with Crippen LogP contribution >= 0.6 is 0 Å². The number of carbonyl (C=O) groups excluding carboxylic acids is 1. The molecule has 0 amide bonds. The molecule has 4 rings (SSSR count). The second-order valence-electron chi connectivity index (χ2n) is 6.56. The molecule has 134 valence electrons. The lowest BCUT2D eigenvalue weighted by Crippen LogP contribution is -2.45. The van der Waals surface area contributed by atoms with Gasteiger partial charge in [-0.05, 0) is 50.8 Å². The van der Waals surface area contributed by atoms with Gasteiger partial charge in [-0.2, -0.15) is 0 Å². The molecule has 1 saturated carbocycles. The van der Waals surface area contributed by atoms with Crippen molar-refractivity contribution >= 4 is 28.5 Å². The topological polar surface area (TPSA) is 90.6 Å². The molecule has 1 aliphatic carbocycles. The Morgan fingerprint density at radius 2 is 2.15 bits per heavy atom.